The van der Waals surface area contributed by atoms with Gasteiger partial charge in [-0.15, -0.1) is 0 Å². The van der Waals surface area contributed by atoms with Crippen LogP contribution in [0.5, 0.6) is 11.5 Å². The van der Waals surface area contributed by atoms with Crippen molar-refractivity contribution < 1.29 is 19.1 Å². The molecule has 1 atom stereocenters. The average molecular weight is 455 g/mol. The van der Waals surface area contributed by atoms with Crippen LogP contribution in [0.1, 0.15) is 51.7 Å². The minimum Gasteiger partial charge on any atom is -0.493 e. The van der Waals surface area contributed by atoms with Gasteiger partial charge < -0.3 is 19.7 Å². The molecule has 0 heterocycles. The third-order valence-electron chi connectivity index (χ3n) is 5.44. The summed E-state index contributed by atoms with van der Waals surface area (Å²) >= 11 is 0. The first-order valence-electron chi connectivity index (χ1n) is 11.5. The molecule has 2 aromatic carbocycles. The van der Waals surface area contributed by atoms with Crippen LogP contribution in [0, 0.1) is 0 Å². The van der Waals surface area contributed by atoms with Crippen LogP contribution in [0.2, 0.25) is 0 Å². The summed E-state index contributed by atoms with van der Waals surface area (Å²) in [5.74, 6) is 1.15. The molecular formula is C27H38N2O4. The quantitative estimate of drug-likeness (QED) is 0.546. The molecule has 1 N–H and O–H groups in total. The van der Waals surface area contributed by atoms with Crippen LogP contribution in [0.4, 0.5) is 0 Å². The smallest absolute Gasteiger partial charge is 0.243 e. The fourth-order valence-corrected chi connectivity index (χ4v) is 3.78. The molecule has 180 valence electrons. The fourth-order valence-electron chi connectivity index (χ4n) is 3.78. The normalized spacial score (nSPS) is 12.1. The Kier molecular flexibility index (Phi) is 9.76. The summed E-state index contributed by atoms with van der Waals surface area (Å²) in [5, 5.41) is 3.04. The number of hydrogen-bond acceptors (Lipinski definition) is 4. The molecule has 2 aromatic rings. The highest BCUT2D eigenvalue weighted by Crippen LogP contribution is 2.28. The second kappa shape index (κ2) is 12.3. The zero-order valence-electron chi connectivity index (χ0n) is 20.8. The third kappa shape index (κ3) is 8.12. The lowest BCUT2D eigenvalue weighted by Crippen LogP contribution is -2.54. The van der Waals surface area contributed by atoms with Gasteiger partial charge in [0.15, 0.2) is 11.5 Å². The number of rotatable bonds is 11. The van der Waals surface area contributed by atoms with E-state index in [2.05, 4.69) is 5.32 Å². The van der Waals surface area contributed by atoms with Crippen molar-refractivity contribution in [3.63, 3.8) is 0 Å². The predicted molar refractivity (Wildman–Crippen MR) is 132 cm³/mol. The van der Waals surface area contributed by atoms with Crippen molar-refractivity contribution >= 4 is 11.8 Å². The van der Waals surface area contributed by atoms with Gasteiger partial charge in [-0.3, -0.25) is 9.59 Å². The lowest BCUT2D eigenvalue weighted by Gasteiger charge is -2.33. The molecule has 0 aliphatic carbocycles. The maximum absolute atomic E-state index is 13.4. The molecule has 0 radical (unpaired) electrons. The van der Waals surface area contributed by atoms with E-state index in [0.717, 1.165) is 11.1 Å². The Bertz CT molecular complexity index is 906. The van der Waals surface area contributed by atoms with Crippen molar-refractivity contribution in [3.8, 4) is 11.5 Å². The zero-order chi connectivity index (χ0) is 24.4. The van der Waals surface area contributed by atoms with E-state index in [1.54, 1.807) is 19.1 Å². The number of methoxy groups -OCH3 is 2. The number of hydrogen-bond donors (Lipinski definition) is 1. The number of amides is 2. The molecule has 0 bridgehead atoms. The lowest BCUT2D eigenvalue weighted by molar-refractivity contribution is -0.141. The number of nitrogens with zero attached hydrogens (tertiary/aromatic N) is 1. The largest absolute Gasteiger partial charge is 0.493 e. The summed E-state index contributed by atoms with van der Waals surface area (Å²) in [7, 11) is 3.19. The summed E-state index contributed by atoms with van der Waals surface area (Å²) in [6.07, 6.45) is 2.11. The van der Waals surface area contributed by atoms with Crippen molar-refractivity contribution in [3.05, 3.63) is 59.7 Å². The van der Waals surface area contributed by atoms with Crippen LogP contribution >= 0.6 is 0 Å². The van der Waals surface area contributed by atoms with E-state index in [-0.39, 0.29) is 17.4 Å². The summed E-state index contributed by atoms with van der Waals surface area (Å²) in [5.41, 5.74) is 1.76. The molecular weight excluding hydrogens is 416 g/mol. The van der Waals surface area contributed by atoms with E-state index in [1.807, 2.05) is 76.2 Å². The summed E-state index contributed by atoms with van der Waals surface area (Å²) in [4.78, 5) is 28.2. The van der Waals surface area contributed by atoms with Gasteiger partial charge in [-0.1, -0.05) is 43.3 Å². The van der Waals surface area contributed by atoms with Gasteiger partial charge in [-0.2, -0.15) is 0 Å². The molecule has 2 amide bonds. The van der Waals surface area contributed by atoms with Gasteiger partial charge in [0.05, 0.1) is 14.2 Å². The minimum absolute atomic E-state index is 0.0309. The highest BCUT2D eigenvalue weighted by atomic mass is 16.5. The molecule has 2 rings (SSSR count). The van der Waals surface area contributed by atoms with Gasteiger partial charge in [0.1, 0.15) is 6.04 Å². The standard InChI is InChI=1S/C27H38N2O4/c1-7-22(26(31)28-27(2,3)4)29(18-17-20-11-9-8-10-12-20)25(30)16-14-21-13-15-23(32-5)24(19-21)33-6/h8-13,15,19,22H,7,14,16-18H2,1-6H3,(H,28,31)/t22-/m1/s1. The first-order valence-corrected chi connectivity index (χ1v) is 11.5. The molecule has 0 fully saturated rings. The number of ether oxygens (including phenoxy) is 2. The molecule has 0 unspecified atom stereocenters. The van der Waals surface area contributed by atoms with Crippen LogP contribution in [0.15, 0.2) is 48.5 Å². The molecule has 6 heteroatoms. The highest BCUT2D eigenvalue weighted by molar-refractivity contribution is 5.88. The molecule has 0 aliphatic rings. The summed E-state index contributed by atoms with van der Waals surface area (Å²) in [6, 6.07) is 15.2. The minimum atomic E-state index is -0.508. The van der Waals surface area contributed by atoms with Crippen LogP contribution in [-0.4, -0.2) is 49.1 Å². The van der Waals surface area contributed by atoms with Gasteiger partial charge in [0, 0.05) is 18.5 Å². The van der Waals surface area contributed by atoms with Gasteiger partial charge in [-0.05, 0) is 63.3 Å². The lowest BCUT2D eigenvalue weighted by atomic mass is 10.0. The molecule has 0 spiro atoms. The van der Waals surface area contributed by atoms with Gasteiger partial charge in [0.25, 0.3) is 0 Å². The first-order chi connectivity index (χ1) is 15.7. The Morgan fingerprint density at radius 2 is 1.61 bits per heavy atom. The van der Waals surface area contributed by atoms with E-state index in [1.165, 1.54) is 0 Å². The molecule has 33 heavy (non-hydrogen) atoms. The number of aryl methyl sites for hydroxylation is 1. The fraction of sp³-hybridized carbons (Fsp3) is 0.481. The van der Waals surface area contributed by atoms with Gasteiger partial charge in [0.2, 0.25) is 11.8 Å². The number of nitrogens with one attached hydrogen (secondary N) is 1. The monoisotopic (exact) mass is 454 g/mol. The maximum Gasteiger partial charge on any atom is 0.243 e. The SMILES string of the molecule is CC[C@H](C(=O)NC(C)(C)C)N(CCc1ccccc1)C(=O)CCc1ccc(OC)c(OC)c1. The summed E-state index contributed by atoms with van der Waals surface area (Å²) in [6.45, 7) is 8.29. The summed E-state index contributed by atoms with van der Waals surface area (Å²) < 4.78 is 10.7. The highest BCUT2D eigenvalue weighted by Gasteiger charge is 2.30. The number of carbonyl (C=O) groups is 2. The second-order valence-corrected chi connectivity index (χ2v) is 9.18. The van der Waals surface area contributed by atoms with Crippen LogP contribution in [0.3, 0.4) is 0 Å². The number of benzene rings is 2. The Morgan fingerprint density at radius 3 is 2.18 bits per heavy atom. The van der Waals surface area contributed by atoms with E-state index in [0.29, 0.717) is 43.7 Å². The van der Waals surface area contributed by atoms with E-state index < -0.39 is 6.04 Å². The molecule has 6 nitrogen and oxygen atoms in total. The molecule has 0 saturated carbocycles. The second-order valence-electron chi connectivity index (χ2n) is 9.18. The maximum atomic E-state index is 13.4. The van der Waals surface area contributed by atoms with Crippen molar-refractivity contribution in [2.75, 3.05) is 20.8 Å². The average Bonchev–Trinajstić information content (AvgIpc) is 2.79. The third-order valence-corrected chi connectivity index (χ3v) is 5.44. The Hall–Kier alpha value is -3.02. The molecule has 0 aliphatic heterocycles. The Balaban J connectivity index is 2.18. The predicted octanol–water partition coefficient (Wildman–Crippen LogP) is 4.40. The van der Waals surface area contributed by atoms with Crippen LogP contribution in [0.25, 0.3) is 0 Å². The van der Waals surface area contributed by atoms with Crippen molar-refractivity contribution in [2.45, 2.75) is 65.0 Å². The van der Waals surface area contributed by atoms with Gasteiger partial charge >= 0.3 is 0 Å². The topological polar surface area (TPSA) is 67.9 Å². The van der Waals surface area contributed by atoms with Gasteiger partial charge in [-0.25, -0.2) is 0 Å². The van der Waals surface area contributed by atoms with E-state index in [4.69, 9.17) is 9.47 Å². The van der Waals surface area contributed by atoms with Crippen molar-refractivity contribution in [2.24, 2.45) is 0 Å². The van der Waals surface area contributed by atoms with E-state index in [9.17, 15) is 9.59 Å². The first kappa shape index (κ1) is 26.2. The number of carbonyl (C=O) groups excluding carboxylic acids is 2. The Labute approximate surface area is 198 Å². The van der Waals surface area contributed by atoms with Crippen LogP contribution < -0.4 is 14.8 Å². The van der Waals surface area contributed by atoms with Crippen LogP contribution in [-0.2, 0) is 22.4 Å². The molecule has 0 aromatic heterocycles. The Morgan fingerprint density at radius 1 is 0.939 bits per heavy atom. The van der Waals surface area contributed by atoms with Crippen molar-refractivity contribution in [1.82, 2.24) is 10.2 Å². The zero-order valence-corrected chi connectivity index (χ0v) is 20.8. The molecule has 0 saturated heterocycles. The van der Waals surface area contributed by atoms with E-state index >= 15 is 0 Å². The van der Waals surface area contributed by atoms with Crippen molar-refractivity contribution in [1.29, 1.82) is 0 Å².